The number of carbonyl (C=O) groups is 1. The molecule has 1 aromatic carbocycles. The zero-order chi connectivity index (χ0) is 11.4. The molecule has 0 atom stereocenters. The predicted octanol–water partition coefficient (Wildman–Crippen LogP) is 2.01. The van der Waals surface area contributed by atoms with Gasteiger partial charge in [-0.05, 0) is 24.6 Å². The normalized spacial score (nSPS) is 9.27. The summed E-state index contributed by atoms with van der Waals surface area (Å²) in [6.07, 6.45) is -0.0822. The van der Waals surface area contributed by atoms with Crippen molar-refractivity contribution < 1.29 is 9.18 Å². The third-order valence-corrected chi connectivity index (χ3v) is 2.14. The number of hydrogen-bond donors (Lipinski definition) is 1. The lowest BCUT2D eigenvalue weighted by molar-refractivity contribution is -0.117. The third kappa shape index (κ3) is 3.26. The minimum atomic E-state index is -0.534. The lowest BCUT2D eigenvalue weighted by Crippen LogP contribution is -2.08. The van der Waals surface area contributed by atoms with E-state index in [1.807, 2.05) is 0 Å². The summed E-state index contributed by atoms with van der Waals surface area (Å²) < 4.78 is 13.3. The molecule has 0 bridgehead atoms. The molecular formula is C11H9ClFNO. The van der Waals surface area contributed by atoms with Crippen LogP contribution in [-0.2, 0) is 4.79 Å². The van der Waals surface area contributed by atoms with E-state index in [0.29, 0.717) is 5.02 Å². The van der Waals surface area contributed by atoms with E-state index in [9.17, 15) is 9.18 Å². The monoisotopic (exact) mass is 225 g/mol. The molecule has 1 rings (SSSR count). The van der Waals surface area contributed by atoms with Crippen molar-refractivity contribution in [2.45, 2.75) is 13.3 Å². The first-order valence-corrected chi connectivity index (χ1v) is 4.61. The maximum atomic E-state index is 13.3. The second kappa shape index (κ2) is 4.81. The van der Waals surface area contributed by atoms with Crippen LogP contribution in [0, 0.1) is 24.6 Å². The molecule has 0 aliphatic carbocycles. The minimum Gasteiger partial charge on any atom is -0.369 e. The molecule has 1 amide bonds. The lowest BCUT2D eigenvalue weighted by Gasteiger charge is -1.99. The first-order chi connectivity index (χ1) is 7.00. The highest BCUT2D eigenvalue weighted by Gasteiger charge is 2.03. The molecule has 0 saturated heterocycles. The van der Waals surface area contributed by atoms with Gasteiger partial charge in [0.15, 0.2) is 0 Å². The average molecular weight is 226 g/mol. The van der Waals surface area contributed by atoms with Crippen LogP contribution in [0.3, 0.4) is 0 Å². The van der Waals surface area contributed by atoms with Gasteiger partial charge in [-0.1, -0.05) is 23.4 Å². The minimum absolute atomic E-state index is 0.0822. The Labute approximate surface area is 92.2 Å². The fourth-order valence-corrected chi connectivity index (χ4v) is 1.13. The fraction of sp³-hybridized carbons (Fsp3) is 0.182. The van der Waals surface area contributed by atoms with Gasteiger partial charge < -0.3 is 5.73 Å². The van der Waals surface area contributed by atoms with Gasteiger partial charge in [0.2, 0.25) is 5.91 Å². The topological polar surface area (TPSA) is 43.1 Å². The molecule has 0 saturated carbocycles. The summed E-state index contributed by atoms with van der Waals surface area (Å²) in [6.45, 7) is 1.75. The zero-order valence-electron chi connectivity index (χ0n) is 8.10. The quantitative estimate of drug-likeness (QED) is 0.730. The van der Waals surface area contributed by atoms with Gasteiger partial charge in [-0.3, -0.25) is 4.79 Å². The van der Waals surface area contributed by atoms with Crippen molar-refractivity contribution in [2.75, 3.05) is 0 Å². The van der Waals surface area contributed by atoms with Gasteiger partial charge in [0.05, 0.1) is 12.0 Å². The molecular weight excluding hydrogens is 217 g/mol. The summed E-state index contributed by atoms with van der Waals surface area (Å²) in [4.78, 5) is 10.4. The smallest absolute Gasteiger partial charge is 0.229 e. The number of primary amides is 1. The number of halogens is 2. The Morgan fingerprint density at radius 3 is 2.87 bits per heavy atom. The first-order valence-electron chi connectivity index (χ1n) is 4.23. The van der Waals surface area contributed by atoms with Crippen LogP contribution >= 0.6 is 11.6 Å². The highest BCUT2D eigenvalue weighted by molar-refractivity contribution is 6.31. The van der Waals surface area contributed by atoms with Crippen LogP contribution in [0.2, 0.25) is 5.02 Å². The van der Waals surface area contributed by atoms with Crippen LogP contribution in [0.15, 0.2) is 12.1 Å². The van der Waals surface area contributed by atoms with Gasteiger partial charge in [0.1, 0.15) is 5.82 Å². The summed E-state index contributed by atoms with van der Waals surface area (Å²) in [7, 11) is 0. The van der Waals surface area contributed by atoms with Crippen LogP contribution in [-0.4, -0.2) is 5.91 Å². The Morgan fingerprint density at radius 2 is 2.27 bits per heavy atom. The molecule has 0 unspecified atom stereocenters. The molecule has 15 heavy (non-hydrogen) atoms. The van der Waals surface area contributed by atoms with Crippen LogP contribution in [0.5, 0.6) is 0 Å². The Morgan fingerprint density at radius 1 is 1.60 bits per heavy atom. The highest BCUT2D eigenvalue weighted by Crippen LogP contribution is 2.19. The molecule has 0 radical (unpaired) electrons. The molecule has 2 N–H and O–H groups in total. The van der Waals surface area contributed by atoms with Crippen molar-refractivity contribution in [2.24, 2.45) is 5.73 Å². The molecule has 1 aromatic rings. The molecule has 2 nitrogen and oxygen atoms in total. The van der Waals surface area contributed by atoms with Crippen LogP contribution < -0.4 is 5.73 Å². The van der Waals surface area contributed by atoms with Crippen LogP contribution in [0.25, 0.3) is 0 Å². The van der Waals surface area contributed by atoms with Crippen molar-refractivity contribution in [3.8, 4) is 11.8 Å². The van der Waals surface area contributed by atoms with E-state index in [4.69, 9.17) is 17.3 Å². The maximum absolute atomic E-state index is 13.3. The Kier molecular flexibility index (Phi) is 3.70. The van der Waals surface area contributed by atoms with E-state index in [0.717, 1.165) is 5.56 Å². The fourth-order valence-electron chi connectivity index (χ4n) is 0.980. The van der Waals surface area contributed by atoms with E-state index in [1.54, 1.807) is 6.92 Å². The molecule has 0 aliphatic heterocycles. The van der Waals surface area contributed by atoms with Crippen LogP contribution in [0.4, 0.5) is 4.39 Å². The van der Waals surface area contributed by atoms with Gasteiger partial charge in [-0.15, -0.1) is 0 Å². The van der Waals surface area contributed by atoms with E-state index in [1.165, 1.54) is 12.1 Å². The molecule has 0 aliphatic rings. The predicted molar refractivity (Wildman–Crippen MR) is 56.8 cm³/mol. The van der Waals surface area contributed by atoms with Crippen molar-refractivity contribution in [1.82, 2.24) is 0 Å². The Hall–Kier alpha value is -1.53. The summed E-state index contributed by atoms with van der Waals surface area (Å²) in [5.41, 5.74) is 5.85. The maximum Gasteiger partial charge on any atom is 0.229 e. The molecule has 0 heterocycles. The largest absolute Gasteiger partial charge is 0.369 e. The van der Waals surface area contributed by atoms with E-state index >= 15 is 0 Å². The van der Waals surface area contributed by atoms with E-state index in [-0.39, 0.29) is 12.0 Å². The lowest BCUT2D eigenvalue weighted by atomic mass is 10.1. The second-order valence-electron chi connectivity index (χ2n) is 3.03. The third-order valence-electron chi connectivity index (χ3n) is 1.73. The number of hydrogen-bond acceptors (Lipinski definition) is 1. The van der Waals surface area contributed by atoms with Gasteiger partial charge in [0, 0.05) is 5.02 Å². The van der Waals surface area contributed by atoms with E-state index < -0.39 is 11.7 Å². The Balaban J connectivity index is 2.98. The van der Waals surface area contributed by atoms with Gasteiger partial charge >= 0.3 is 0 Å². The summed E-state index contributed by atoms with van der Waals surface area (Å²) in [6, 6.07) is 2.73. The average Bonchev–Trinajstić information content (AvgIpc) is 2.13. The second-order valence-corrected chi connectivity index (χ2v) is 3.43. The number of aryl methyl sites for hydroxylation is 1. The summed E-state index contributed by atoms with van der Waals surface area (Å²) >= 11 is 5.71. The van der Waals surface area contributed by atoms with Crippen molar-refractivity contribution in [3.05, 3.63) is 34.1 Å². The van der Waals surface area contributed by atoms with Crippen molar-refractivity contribution in [3.63, 3.8) is 0 Å². The van der Waals surface area contributed by atoms with Gasteiger partial charge in [-0.25, -0.2) is 4.39 Å². The number of amides is 1. The van der Waals surface area contributed by atoms with Gasteiger partial charge in [0.25, 0.3) is 0 Å². The standard InChI is InChI=1S/C11H9ClFNO/c1-7-5-8(3-2-4-11(14)15)10(13)6-9(7)12/h5-6H,4H2,1H3,(H2,14,15). The molecule has 78 valence electrons. The Bertz CT molecular complexity index is 460. The van der Waals surface area contributed by atoms with E-state index in [2.05, 4.69) is 11.8 Å². The van der Waals surface area contributed by atoms with Gasteiger partial charge in [-0.2, -0.15) is 0 Å². The van der Waals surface area contributed by atoms with Crippen molar-refractivity contribution in [1.29, 1.82) is 0 Å². The van der Waals surface area contributed by atoms with Crippen LogP contribution in [0.1, 0.15) is 17.5 Å². The SMILES string of the molecule is Cc1cc(C#CCC(N)=O)c(F)cc1Cl. The first kappa shape index (κ1) is 11.5. The molecule has 0 spiro atoms. The number of carbonyl (C=O) groups excluding carboxylic acids is 1. The molecule has 0 fully saturated rings. The number of rotatable bonds is 1. The summed E-state index contributed by atoms with van der Waals surface area (Å²) in [5.74, 6) is 3.98. The summed E-state index contributed by atoms with van der Waals surface area (Å²) in [5, 5.41) is 0.355. The van der Waals surface area contributed by atoms with Crippen molar-refractivity contribution >= 4 is 17.5 Å². The molecule has 4 heteroatoms. The number of benzene rings is 1. The number of nitrogens with two attached hydrogens (primary N) is 1. The highest BCUT2D eigenvalue weighted by atomic mass is 35.5. The zero-order valence-corrected chi connectivity index (χ0v) is 8.86. The molecule has 0 aromatic heterocycles.